The predicted octanol–water partition coefficient (Wildman–Crippen LogP) is 4.65. The second-order valence-electron chi connectivity index (χ2n) is 7.15. The summed E-state index contributed by atoms with van der Waals surface area (Å²) in [4.78, 5) is 14.9. The van der Waals surface area contributed by atoms with E-state index in [4.69, 9.17) is 23.2 Å². The number of piperidine rings is 1. The van der Waals surface area contributed by atoms with Gasteiger partial charge in [0, 0.05) is 29.2 Å². The minimum Gasteiger partial charge on any atom is -0.353 e. The molecule has 1 aromatic carbocycles. The van der Waals surface area contributed by atoms with Crippen LogP contribution in [0.1, 0.15) is 50.5 Å². The number of rotatable bonds is 4. The Morgan fingerprint density at radius 1 is 1.12 bits per heavy atom. The number of hydrogen-bond donors (Lipinski definition) is 1. The van der Waals surface area contributed by atoms with Crippen molar-refractivity contribution in [2.75, 3.05) is 13.1 Å². The van der Waals surface area contributed by atoms with Gasteiger partial charge in [-0.15, -0.1) is 0 Å². The molecule has 0 aromatic heterocycles. The molecule has 132 valence electrons. The molecule has 3 nitrogen and oxygen atoms in total. The van der Waals surface area contributed by atoms with E-state index in [1.807, 2.05) is 12.1 Å². The predicted molar refractivity (Wildman–Crippen MR) is 99.5 cm³/mol. The molecule has 1 aliphatic carbocycles. The lowest BCUT2D eigenvalue weighted by molar-refractivity contribution is -0.127. The third kappa shape index (κ3) is 4.87. The molecule has 0 spiro atoms. The maximum atomic E-state index is 12.6. The van der Waals surface area contributed by atoms with Crippen molar-refractivity contribution < 1.29 is 4.79 Å². The summed E-state index contributed by atoms with van der Waals surface area (Å²) in [5.41, 5.74) is 1.08. The minimum absolute atomic E-state index is 0.103. The SMILES string of the molecule is O=C(NC1CCCCC1)[C@H]1CCCN(Cc2ccc(Cl)cc2Cl)C1. The van der Waals surface area contributed by atoms with Crippen LogP contribution in [0.15, 0.2) is 18.2 Å². The molecule has 1 amide bonds. The quantitative estimate of drug-likeness (QED) is 0.838. The van der Waals surface area contributed by atoms with Crippen LogP contribution in [-0.4, -0.2) is 29.9 Å². The molecule has 2 fully saturated rings. The summed E-state index contributed by atoms with van der Waals surface area (Å²) in [6.07, 6.45) is 8.14. The number of carbonyl (C=O) groups is 1. The van der Waals surface area contributed by atoms with Gasteiger partial charge in [-0.25, -0.2) is 0 Å². The molecule has 1 aromatic rings. The Balaban J connectivity index is 1.54. The van der Waals surface area contributed by atoms with Crippen LogP contribution in [0.4, 0.5) is 0 Å². The summed E-state index contributed by atoms with van der Waals surface area (Å²) in [5, 5.41) is 4.65. The van der Waals surface area contributed by atoms with Crippen molar-refractivity contribution in [1.29, 1.82) is 0 Å². The van der Waals surface area contributed by atoms with E-state index < -0.39 is 0 Å². The highest BCUT2D eigenvalue weighted by atomic mass is 35.5. The third-order valence-corrected chi connectivity index (χ3v) is 5.82. The molecule has 1 heterocycles. The molecule has 5 heteroatoms. The van der Waals surface area contributed by atoms with Gasteiger partial charge in [-0.05, 0) is 49.9 Å². The van der Waals surface area contributed by atoms with Gasteiger partial charge in [-0.3, -0.25) is 9.69 Å². The van der Waals surface area contributed by atoms with Crippen molar-refractivity contribution in [3.8, 4) is 0 Å². The standard InChI is InChI=1S/C19H26Cl2N2O/c20-16-9-8-14(18(21)11-16)12-23-10-4-5-15(13-23)19(24)22-17-6-2-1-3-7-17/h8-9,11,15,17H,1-7,10,12-13H2,(H,22,24)/t15-/m0/s1. The van der Waals surface area contributed by atoms with Crippen molar-refractivity contribution in [2.24, 2.45) is 5.92 Å². The first-order valence-electron chi connectivity index (χ1n) is 9.08. The van der Waals surface area contributed by atoms with Crippen molar-refractivity contribution >= 4 is 29.1 Å². The van der Waals surface area contributed by atoms with E-state index in [9.17, 15) is 4.79 Å². The van der Waals surface area contributed by atoms with E-state index in [1.54, 1.807) is 6.07 Å². The van der Waals surface area contributed by atoms with Crippen molar-refractivity contribution in [2.45, 2.75) is 57.5 Å². The van der Waals surface area contributed by atoms with E-state index in [1.165, 1.54) is 19.3 Å². The first-order valence-corrected chi connectivity index (χ1v) is 9.84. The lowest BCUT2D eigenvalue weighted by Gasteiger charge is -2.33. The van der Waals surface area contributed by atoms with Crippen LogP contribution in [0, 0.1) is 5.92 Å². The molecular formula is C19H26Cl2N2O. The summed E-state index contributed by atoms with van der Waals surface area (Å²) in [5.74, 6) is 0.348. The van der Waals surface area contributed by atoms with Crippen molar-refractivity contribution in [1.82, 2.24) is 10.2 Å². The summed E-state index contributed by atoms with van der Waals surface area (Å²) >= 11 is 12.3. The number of benzene rings is 1. The monoisotopic (exact) mass is 368 g/mol. The summed E-state index contributed by atoms with van der Waals surface area (Å²) < 4.78 is 0. The first-order chi connectivity index (χ1) is 11.6. The Hall–Kier alpha value is -0.770. The molecule has 1 aliphatic heterocycles. The lowest BCUT2D eigenvalue weighted by atomic mass is 9.93. The minimum atomic E-state index is 0.103. The van der Waals surface area contributed by atoms with Gasteiger partial charge in [0.15, 0.2) is 0 Å². The fraction of sp³-hybridized carbons (Fsp3) is 0.632. The first kappa shape index (κ1) is 18.0. The Bertz CT molecular complexity index is 572. The Morgan fingerprint density at radius 3 is 2.67 bits per heavy atom. The molecular weight excluding hydrogens is 343 g/mol. The van der Waals surface area contributed by atoms with Crippen LogP contribution in [0.3, 0.4) is 0 Å². The molecule has 3 rings (SSSR count). The van der Waals surface area contributed by atoms with Crippen molar-refractivity contribution in [3.63, 3.8) is 0 Å². The van der Waals surface area contributed by atoms with E-state index in [0.29, 0.717) is 16.1 Å². The number of amides is 1. The molecule has 24 heavy (non-hydrogen) atoms. The van der Waals surface area contributed by atoms with Crippen LogP contribution < -0.4 is 5.32 Å². The molecule has 1 saturated heterocycles. The van der Waals surface area contributed by atoms with E-state index in [2.05, 4.69) is 10.2 Å². The fourth-order valence-electron chi connectivity index (χ4n) is 3.87. The number of nitrogens with zero attached hydrogens (tertiary/aromatic N) is 1. The zero-order valence-corrected chi connectivity index (χ0v) is 15.6. The largest absolute Gasteiger partial charge is 0.353 e. The second kappa shape index (κ2) is 8.55. The topological polar surface area (TPSA) is 32.3 Å². The van der Waals surface area contributed by atoms with Gasteiger partial charge < -0.3 is 5.32 Å². The van der Waals surface area contributed by atoms with Crippen LogP contribution >= 0.6 is 23.2 Å². The van der Waals surface area contributed by atoms with Gasteiger partial charge in [0.1, 0.15) is 0 Å². The molecule has 1 atom stereocenters. The van der Waals surface area contributed by atoms with Crippen molar-refractivity contribution in [3.05, 3.63) is 33.8 Å². The van der Waals surface area contributed by atoms with Gasteiger partial charge >= 0.3 is 0 Å². The normalized spacial score (nSPS) is 23.2. The second-order valence-corrected chi connectivity index (χ2v) is 8.00. The number of likely N-dealkylation sites (tertiary alicyclic amines) is 1. The molecule has 1 N–H and O–H groups in total. The van der Waals surface area contributed by atoms with E-state index in [0.717, 1.165) is 50.9 Å². The molecule has 0 radical (unpaired) electrons. The highest BCUT2D eigenvalue weighted by Crippen LogP contribution is 2.25. The van der Waals surface area contributed by atoms with Gasteiger partial charge in [0.05, 0.1) is 5.92 Å². The van der Waals surface area contributed by atoms with Crippen LogP contribution in [-0.2, 0) is 11.3 Å². The Kier molecular flexibility index (Phi) is 6.43. The smallest absolute Gasteiger partial charge is 0.224 e. The number of nitrogens with one attached hydrogen (secondary N) is 1. The highest BCUT2D eigenvalue weighted by molar-refractivity contribution is 6.35. The summed E-state index contributed by atoms with van der Waals surface area (Å²) in [6, 6.07) is 6.04. The maximum absolute atomic E-state index is 12.6. The molecule has 2 aliphatic rings. The Morgan fingerprint density at radius 2 is 1.92 bits per heavy atom. The zero-order valence-electron chi connectivity index (χ0n) is 14.1. The fourth-order valence-corrected chi connectivity index (χ4v) is 4.34. The van der Waals surface area contributed by atoms with E-state index >= 15 is 0 Å². The van der Waals surface area contributed by atoms with Crippen LogP contribution in [0.5, 0.6) is 0 Å². The van der Waals surface area contributed by atoms with Crippen LogP contribution in [0.25, 0.3) is 0 Å². The average molecular weight is 369 g/mol. The highest BCUT2D eigenvalue weighted by Gasteiger charge is 2.27. The molecule has 0 bridgehead atoms. The number of halogens is 2. The molecule has 0 unspecified atom stereocenters. The Labute approximate surface area is 154 Å². The van der Waals surface area contributed by atoms with Gasteiger partial charge in [0.25, 0.3) is 0 Å². The maximum Gasteiger partial charge on any atom is 0.224 e. The van der Waals surface area contributed by atoms with Gasteiger partial charge in [0.2, 0.25) is 5.91 Å². The zero-order chi connectivity index (χ0) is 16.9. The number of carbonyl (C=O) groups excluding carboxylic acids is 1. The summed E-state index contributed by atoms with van der Waals surface area (Å²) in [6.45, 7) is 2.62. The number of hydrogen-bond acceptors (Lipinski definition) is 2. The average Bonchev–Trinajstić information content (AvgIpc) is 2.59. The van der Waals surface area contributed by atoms with Gasteiger partial charge in [-0.1, -0.05) is 48.5 Å². The third-order valence-electron chi connectivity index (χ3n) is 5.24. The lowest BCUT2D eigenvalue weighted by Crippen LogP contribution is -2.46. The van der Waals surface area contributed by atoms with E-state index in [-0.39, 0.29) is 11.8 Å². The van der Waals surface area contributed by atoms with Crippen LogP contribution in [0.2, 0.25) is 10.0 Å². The summed E-state index contributed by atoms with van der Waals surface area (Å²) in [7, 11) is 0. The molecule has 1 saturated carbocycles. The van der Waals surface area contributed by atoms with Gasteiger partial charge in [-0.2, -0.15) is 0 Å².